The largest absolute Gasteiger partial charge is 0.482 e. The maximum absolute atomic E-state index is 11.2. The van der Waals surface area contributed by atoms with E-state index in [1.807, 2.05) is 0 Å². The van der Waals surface area contributed by atoms with Gasteiger partial charge >= 0.3 is 0 Å². The van der Waals surface area contributed by atoms with Crippen LogP contribution in [0.1, 0.15) is 0 Å². The number of hydrogen-bond acceptors (Lipinski definition) is 4. The third kappa shape index (κ3) is 5.23. The lowest BCUT2D eigenvalue weighted by Gasteiger charge is -2.08. The van der Waals surface area contributed by atoms with Gasteiger partial charge in [-0.05, 0) is 18.2 Å². The fourth-order valence-corrected chi connectivity index (χ4v) is 1.40. The minimum Gasteiger partial charge on any atom is -0.482 e. The van der Waals surface area contributed by atoms with Gasteiger partial charge < -0.3 is 9.47 Å². The van der Waals surface area contributed by atoms with Crippen LogP contribution in [0, 0.1) is 0 Å². The van der Waals surface area contributed by atoms with Crippen molar-refractivity contribution < 1.29 is 19.1 Å². The van der Waals surface area contributed by atoms with Crippen LogP contribution in [0.15, 0.2) is 18.2 Å². The molecule has 1 N–H and O–H groups in total. The molecule has 17 heavy (non-hydrogen) atoms. The Balaban J connectivity index is 2.37. The van der Waals surface area contributed by atoms with Gasteiger partial charge in [-0.15, -0.1) is 0 Å². The Morgan fingerprint density at radius 2 is 2.18 bits per heavy atom. The number of nitrogens with one attached hydrogen (secondary N) is 1. The molecule has 1 rings (SSSR count). The first kappa shape index (κ1) is 14.1. The van der Waals surface area contributed by atoms with Gasteiger partial charge in [-0.1, -0.05) is 23.2 Å². The van der Waals surface area contributed by atoms with Gasteiger partial charge in [0.1, 0.15) is 5.75 Å². The van der Waals surface area contributed by atoms with E-state index in [0.29, 0.717) is 15.8 Å². The molecular weight excluding hydrogens is 269 g/mol. The highest BCUT2D eigenvalue weighted by molar-refractivity contribution is 6.35. The lowest BCUT2D eigenvalue weighted by Crippen LogP contribution is -2.29. The van der Waals surface area contributed by atoms with Crippen molar-refractivity contribution in [3.63, 3.8) is 0 Å². The second-order valence-electron chi connectivity index (χ2n) is 2.94. The molecule has 94 valence electrons. The Hall–Kier alpha value is -1.01. The average Bonchev–Trinajstić information content (AvgIpc) is 2.28. The van der Waals surface area contributed by atoms with Crippen LogP contribution in [0.25, 0.3) is 0 Å². The minimum atomic E-state index is -0.451. The zero-order valence-corrected chi connectivity index (χ0v) is 10.5. The monoisotopic (exact) mass is 279 g/mol. The van der Waals surface area contributed by atoms with Crippen LogP contribution in [0.3, 0.4) is 0 Å². The number of carbonyl (C=O) groups excluding carboxylic acids is 1. The predicted octanol–water partition coefficient (Wildman–Crippen LogP) is 2.02. The van der Waals surface area contributed by atoms with E-state index in [9.17, 15) is 4.79 Å². The van der Waals surface area contributed by atoms with Crippen molar-refractivity contribution in [1.29, 1.82) is 0 Å². The zero-order chi connectivity index (χ0) is 12.7. The fourth-order valence-electron chi connectivity index (χ4n) is 0.934. The Kier molecular flexibility index (Phi) is 6.07. The van der Waals surface area contributed by atoms with E-state index in [2.05, 4.69) is 15.1 Å². The van der Waals surface area contributed by atoms with Crippen molar-refractivity contribution in [2.45, 2.75) is 0 Å². The second-order valence-corrected chi connectivity index (χ2v) is 3.78. The van der Waals surface area contributed by atoms with E-state index in [4.69, 9.17) is 27.9 Å². The van der Waals surface area contributed by atoms with Gasteiger partial charge in [0.25, 0.3) is 5.91 Å². The normalized spacial score (nSPS) is 10.1. The molecule has 0 unspecified atom stereocenters. The zero-order valence-electron chi connectivity index (χ0n) is 9.04. The molecule has 0 aromatic heterocycles. The van der Waals surface area contributed by atoms with Crippen LogP contribution in [0.4, 0.5) is 0 Å². The Morgan fingerprint density at radius 3 is 2.82 bits per heavy atom. The first-order valence-electron chi connectivity index (χ1n) is 4.61. The van der Waals surface area contributed by atoms with Crippen LogP contribution < -0.4 is 10.2 Å². The summed E-state index contributed by atoms with van der Waals surface area (Å²) >= 11 is 11.6. The van der Waals surface area contributed by atoms with E-state index in [-0.39, 0.29) is 13.4 Å². The van der Waals surface area contributed by atoms with Gasteiger partial charge in [0, 0.05) is 12.1 Å². The van der Waals surface area contributed by atoms with E-state index in [1.54, 1.807) is 12.1 Å². The number of ether oxygens (including phenoxy) is 2. The van der Waals surface area contributed by atoms with Gasteiger partial charge in [0.15, 0.2) is 13.4 Å². The maximum Gasteiger partial charge on any atom is 0.281 e. The molecule has 1 aromatic carbocycles. The summed E-state index contributed by atoms with van der Waals surface area (Å²) in [5.74, 6) is -0.0778. The molecule has 0 aliphatic carbocycles. The highest BCUT2D eigenvalue weighted by atomic mass is 35.5. The summed E-state index contributed by atoms with van der Waals surface area (Å²) in [4.78, 5) is 15.8. The molecule has 0 atom stereocenters. The molecule has 7 heteroatoms. The van der Waals surface area contributed by atoms with Gasteiger partial charge in [-0.2, -0.15) is 0 Å². The smallest absolute Gasteiger partial charge is 0.281 e. The Morgan fingerprint density at radius 1 is 1.41 bits per heavy atom. The Bertz CT molecular complexity index is 387. The van der Waals surface area contributed by atoms with Crippen LogP contribution >= 0.6 is 23.2 Å². The lowest BCUT2D eigenvalue weighted by atomic mass is 10.3. The van der Waals surface area contributed by atoms with Crippen molar-refractivity contribution in [3.8, 4) is 5.75 Å². The van der Waals surface area contributed by atoms with Gasteiger partial charge in [0.05, 0.1) is 5.02 Å². The molecule has 1 amide bonds. The molecule has 1 aromatic rings. The number of benzene rings is 1. The van der Waals surface area contributed by atoms with E-state index in [1.165, 1.54) is 13.2 Å². The summed E-state index contributed by atoms with van der Waals surface area (Å²) in [5, 5.41) is 0.832. The summed E-state index contributed by atoms with van der Waals surface area (Å²) < 4.78 is 9.73. The molecule has 0 fully saturated rings. The SMILES string of the molecule is COCONC(=O)COc1ccc(Cl)cc1Cl. The molecule has 0 aliphatic heterocycles. The number of hydroxylamine groups is 1. The van der Waals surface area contributed by atoms with Crippen molar-refractivity contribution in [1.82, 2.24) is 5.48 Å². The van der Waals surface area contributed by atoms with Crippen molar-refractivity contribution in [2.75, 3.05) is 20.5 Å². The molecule has 0 aliphatic rings. The molecule has 0 spiro atoms. The predicted molar refractivity (Wildman–Crippen MR) is 63.1 cm³/mol. The number of amides is 1. The standard InChI is InChI=1S/C10H11Cl2NO4/c1-15-6-17-13-10(14)5-16-9-3-2-7(11)4-8(9)12/h2-4H,5-6H2,1H3,(H,13,14). The summed E-state index contributed by atoms with van der Waals surface area (Å²) in [5.41, 5.74) is 2.13. The minimum absolute atomic E-state index is 0.0343. The third-order valence-corrected chi connectivity index (χ3v) is 2.15. The fraction of sp³-hybridized carbons (Fsp3) is 0.300. The number of rotatable bonds is 6. The molecule has 0 heterocycles. The molecule has 0 radical (unpaired) electrons. The van der Waals surface area contributed by atoms with Gasteiger partial charge in [-0.25, -0.2) is 10.3 Å². The van der Waals surface area contributed by atoms with Crippen LogP contribution in [-0.2, 0) is 14.4 Å². The second kappa shape index (κ2) is 7.34. The van der Waals surface area contributed by atoms with Crippen molar-refractivity contribution >= 4 is 29.1 Å². The number of hydrogen-bond donors (Lipinski definition) is 1. The maximum atomic E-state index is 11.2. The van der Waals surface area contributed by atoms with Gasteiger partial charge in [-0.3, -0.25) is 4.79 Å². The summed E-state index contributed by atoms with van der Waals surface area (Å²) in [6.45, 7) is -0.251. The first-order valence-corrected chi connectivity index (χ1v) is 5.36. The summed E-state index contributed by atoms with van der Waals surface area (Å²) in [6.07, 6.45) is 0. The van der Waals surface area contributed by atoms with Gasteiger partial charge in [0.2, 0.25) is 0 Å². The topological polar surface area (TPSA) is 56.8 Å². The quantitative estimate of drug-likeness (QED) is 0.492. The number of carbonyl (C=O) groups is 1. The van der Waals surface area contributed by atoms with Crippen LogP contribution in [0.2, 0.25) is 10.0 Å². The molecular formula is C10H11Cl2NO4. The molecule has 5 nitrogen and oxygen atoms in total. The van der Waals surface area contributed by atoms with Crippen molar-refractivity contribution in [3.05, 3.63) is 28.2 Å². The number of halogens is 2. The first-order chi connectivity index (χ1) is 8.13. The molecule has 0 saturated carbocycles. The summed E-state index contributed by atoms with van der Waals surface area (Å²) in [7, 11) is 1.44. The van der Waals surface area contributed by atoms with Crippen molar-refractivity contribution in [2.24, 2.45) is 0 Å². The highest BCUT2D eigenvalue weighted by Crippen LogP contribution is 2.27. The van der Waals surface area contributed by atoms with Crippen LogP contribution in [-0.4, -0.2) is 26.4 Å². The van der Waals surface area contributed by atoms with E-state index < -0.39 is 5.91 Å². The number of methoxy groups -OCH3 is 1. The highest BCUT2D eigenvalue weighted by Gasteiger charge is 2.06. The lowest BCUT2D eigenvalue weighted by molar-refractivity contribution is -0.146. The van der Waals surface area contributed by atoms with E-state index >= 15 is 0 Å². The summed E-state index contributed by atoms with van der Waals surface area (Å²) in [6, 6.07) is 4.72. The third-order valence-electron chi connectivity index (χ3n) is 1.62. The van der Waals surface area contributed by atoms with E-state index in [0.717, 1.165) is 0 Å². The Labute approximate surface area is 109 Å². The molecule has 0 bridgehead atoms. The molecule has 0 saturated heterocycles. The van der Waals surface area contributed by atoms with Crippen LogP contribution in [0.5, 0.6) is 5.75 Å². The average molecular weight is 280 g/mol.